The lowest BCUT2D eigenvalue weighted by atomic mass is 9.47. The summed E-state index contributed by atoms with van der Waals surface area (Å²) in [6, 6.07) is 8.05. The number of rotatable bonds is 4. The van der Waals surface area contributed by atoms with E-state index < -0.39 is 113 Å². The van der Waals surface area contributed by atoms with Crippen LogP contribution in [-0.2, 0) is 84.2 Å². The van der Waals surface area contributed by atoms with Gasteiger partial charge in [-0.3, -0.25) is 9.59 Å². The van der Waals surface area contributed by atoms with E-state index >= 15 is 28.8 Å². The summed E-state index contributed by atoms with van der Waals surface area (Å²) >= 11 is 0. The van der Waals surface area contributed by atoms with Crippen molar-refractivity contribution in [3.05, 3.63) is 103 Å². The highest BCUT2D eigenvalue weighted by molar-refractivity contribution is 6.18. The van der Waals surface area contributed by atoms with Gasteiger partial charge in [-0.05, 0) is 151 Å². The van der Waals surface area contributed by atoms with Crippen LogP contribution in [0, 0.1) is 33.5 Å². The van der Waals surface area contributed by atoms with E-state index in [2.05, 4.69) is 41.5 Å². The molecule has 2 aromatic carbocycles. The number of benzene rings is 2. The molecule has 8 bridgehead atoms. The van der Waals surface area contributed by atoms with Crippen molar-refractivity contribution >= 4 is 35.4 Å². The molecule has 0 fully saturated rings. The molecular formula is C68H88O12. The molecule has 6 aliphatic carbocycles. The van der Waals surface area contributed by atoms with E-state index in [1.807, 2.05) is 78.0 Å². The summed E-state index contributed by atoms with van der Waals surface area (Å²) in [5.74, 6) is -5.82. The third-order valence-electron chi connectivity index (χ3n) is 16.8. The second kappa shape index (κ2) is 17.4. The molecule has 0 amide bonds. The lowest BCUT2D eigenvalue weighted by Gasteiger charge is -2.56. The van der Waals surface area contributed by atoms with Gasteiger partial charge in [0.2, 0.25) is 0 Å². The average Bonchev–Trinajstić information content (AvgIpc) is 3.83. The minimum atomic E-state index is -1.97. The molecule has 80 heavy (non-hydrogen) atoms. The molecule has 0 radical (unpaired) electrons. The molecular weight excluding hydrogens is 1010 g/mol. The van der Waals surface area contributed by atoms with Gasteiger partial charge in [-0.25, -0.2) is 19.2 Å². The molecule has 12 heteroatoms. The lowest BCUT2D eigenvalue weighted by Crippen LogP contribution is -2.67. The van der Waals surface area contributed by atoms with Crippen LogP contribution in [0.4, 0.5) is 0 Å². The molecule has 6 unspecified atom stereocenters. The minimum Gasteiger partial charge on any atom is -0.478 e. The fraction of sp³-hybridized carbons (Fsp3) is 0.618. The second-order valence-corrected chi connectivity index (χ2v) is 32.2. The summed E-state index contributed by atoms with van der Waals surface area (Å²) in [5.41, 5.74) is -9.29. The Morgan fingerprint density at radius 1 is 0.400 bits per heavy atom. The van der Waals surface area contributed by atoms with Gasteiger partial charge in [-0.2, -0.15) is 0 Å². The summed E-state index contributed by atoms with van der Waals surface area (Å²) in [6.45, 7) is 45.8. The predicted octanol–water partition coefficient (Wildman–Crippen LogP) is 12.7. The highest BCUT2D eigenvalue weighted by Crippen LogP contribution is 2.68. The Morgan fingerprint density at radius 3 is 0.912 bits per heavy atom. The van der Waals surface area contributed by atoms with E-state index in [9.17, 15) is 0 Å². The van der Waals surface area contributed by atoms with E-state index in [1.54, 1.807) is 83.1 Å². The number of ketones is 2. The largest absolute Gasteiger partial charge is 0.478 e. The molecule has 3 heterocycles. The molecule has 6 atom stereocenters. The van der Waals surface area contributed by atoms with E-state index in [0.29, 0.717) is 44.9 Å². The predicted molar refractivity (Wildman–Crippen MR) is 306 cm³/mol. The molecule has 11 rings (SSSR count). The highest BCUT2D eigenvalue weighted by Gasteiger charge is 2.75. The number of allylic oxidation sites excluding steroid dienone is 2. The van der Waals surface area contributed by atoms with E-state index in [-0.39, 0.29) is 48.0 Å². The van der Waals surface area contributed by atoms with E-state index in [0.717, 1.165) is 11.1 Å². The third-order valence-corrected chi connectivity index (χ3v) is 16.8. The van der Waals surface area contributed by atoms with Gasteiger partial charge < -0.3 is 28.4 Å². The first-order valence-electron chi connectivity index (χ1n) is 28.7. The second-order valence-electron chi connectivity index (χ2n) is 32.2. The van der Waals surface area contributed by atoms with Crippen molar-refractivity contribution in [2.75, 3.05) is 0 Å². The lowest BCUT2D eigenvalue weighted by molar-refractivity contribution is -0.163. The summed E-state index contributed by atoms with van der Waals surface area (Å²) in [4.78, 5) is 97.1. The molecule has 12 nitrogen and oxygen atoms in total. The van der Waals surface area contributed by atoms with Crippen molar-refractivity contribution in [2.24, 2.45) is 33.5 Å². The fourth-order valence-electron chi connectivity index (χ4n) is 13.7. The molecule has 2 aromatic rings. The molecule has 0 saturated heterocycles. The Labute approximate surface area is 475 Å². The number of carbonyl (C=O) groups excluding carboxylic acids is 6. The number of ether oxygens (including phenoxy) is 6. The van der Waals surface area contributed by atoms with E-state index in [4.69, 9.17) is 28.4 Å². The van der Waals surface area contributed by atoms with Gasteiger partial charge in [-0.1, -0.05) is 131 Å². The van der Waals surface area contributed by atoms with Crippen LogP contribution in [0.15, 0.2) is 69.9 Å². The van der Waals surface area contributed by atoms with Gasteiger partial charge in [0.05, 0.1) is 45.0 Å². The van der Waals surface area contributed by atoms with Crippen LogP contribution >= 0.6 is 0 Å². The first-order valence-corrected chi connectivity index (χ1v) is 28.7. The molecule has 4 spiro atoms. The Kier molecular flexibility index (Phi) is 12.8. The summed E-state index contributed by atoms with van der Waals surface area (Å²) in [7, 11) is 0. The molecule has 0 saturated carbocycles. The maximum absolute atomic E-state index is 17.2. The van der Waals surface area contributed by atoms with Crippen LogP contribution in [0.1, 0.15) is 200 Å². The number of esters is 4. The van der Waals surface area contributed by atoms with Gasteiger partial charge >= 0.3 is 23.9 Å². The zero-order chi connectivity index (χ0) is 60.0. The quantitative estimate of drug-likeness (QED) is 0.162. The maximum atomic E-state index is 17.2. The van der Waals surface area contributed by atoms with Crippen molar-refractivity contribution in [1.29, 1.82) is 0 Å². The smallest absolute Gasteiger partial charge is 0.336 e. The first kappa shape index (κ1) is 58.9. The highest BCUT2D eigenvalue weighted by atomic mass is 16.6. The zero-order valence-electron chi connectivity index (χ0n) is 52.3. The minimum absolute atomic E-state index is 0.000645. The monoisotopic (exact) mass is 1100 g/mol. The first-order chi connectivity index (χ1) is 36.0. The SMILES string of the molecule is CC(C)(C)OC(=O)C1=C(C(=O)OC(C)(C)C)C23C=C(C(C)(C)C)C1C1(Cc4cc(C(C)(C)C)cc(c4O1)CC14C=C(C(C)(C)C)C(C(C(=O)OC(C)(C)C)=C1C(=O)OC(C)(C)C)C1(Cc5cc(C(C)(C)C)cc(c5O1)C2)C4=O)C3=O. The maximum Gasteiger partial charge on any atom is 0.336 e. The van der Waals surface area contributed by atoms with Crippen LogP contribution in [-0.4, -0.2) is 69.1 Å². The van der Waals surface area contributed by atoms with E-state index in [1.165, 1.54) is 0 Å². The number of hydrogen-bond donors (Lipinski definition) is 0. The fourth-order valence-corrected chi connectivity index (χ4v) is 13.7. The average molecular weight is 1100 g/mol. The topological polar surface area (TPSA) is 158 Å². The van der Waals surface area contributed by atoms with Crippen LogP contribution in [0.25, 0.3) is 0 Å². The number of hydrogen-bond acceptors (Lipinski definition) is 12. The third kappa shape index (κ3) is 9.32. The van der Waals surface area contributed by atoms with Crippen LogP contribution < -0.4 is 9.47 Å². The van der Waals surface area contributed by atoms with Crippen LogP contribution in [0.2, 0.25) is 0 Å². The van der Waals surface area contributed by atoms with Gasteiger partial charge in [0.15, 0.2) is 22.8 Å². The van der Waals surface area contributed by atoms with Gasteiger partial charge in [-0.15, -0.1) is 0 Å². The summed E-state index contributed by atoms with van der Waals surface area (Å²) in [5, 5.41) is 0. The Hall–Kier alpha value is -5.78. The molecule has 432 valence electrons. The van der Waals surface area contributed by atoms with Crippen molar-refractivity contribution in [3.63, 3.8) is 0 Å². The normalized spacial score (nSPS) is 27.2. The van der Waals surface area contributed by atoms with Gasteiger partial charge in [0.1, 0.15) is 33.9 Å². The number of carbonyl (C=O) groups is 6. The standard InChI is InChI=1S/C68H88O12/c1-57(2,3)39-25-35-29-65-33-41(59(7,8)9)46(44(52(70)78-62(16,17)18)47(65)53(71)79-63(19,20)21)68(55(65)73)32-38-28-40(58(4,5)6)26-36(50(38)76-68)30-66-34-42(60(10,11)12)45(67(56(66)74)31-37(27-39)49(35)75-67)43(51(69)77-61(13,14)15)48(66)54(72)80-64(22,23)24/h25-28,33-34,45-46H,29-32H2,1-24H3. The van der Waals surface area contributed by atoms with Gasteiger partial charge in [0.25, 0.3) is 0 Å². The van der Waals surface area contributed by atoms with Crippen molar-refractivity contribution in [2.45, 2.75) is 236 Å². The van der Waals surface area contributed by atoms with Crippen molar-refractivity contribution < 1.29 is 57.2 Å². The molecule has 9 aliphatic rings. The Morgan fingerprint density at radius 2 is 0.662 bits per heavy atom. The van der Waals surface area contributed by atoms with Crippen molar-refractivity contribution in [3.8, 4) is 11.5 Å². The Balaban J connectivity index is 1.51. The zero-order valence-corrected chi connectivity index (χ0v) is 52.3. The summed E-state index contributed by atoms with van der Waals surface area (Å²) in [6.07, 6.45) is 3.28. The molecule has 3 aliphatic heterocycles. The van der Waals surface area contributed by atoms with Crippen molar-refractivity contribution in [1.82, 2.24) is 0 Å². The van der Waals surface area contributed by atoms with Crippen LogP contribution in [0.3, 0.4) is 0 Å². The summed E-state index contributed by atoms with van der Waals surface area (Å²) < 4.78 is 40.8. The molecule has 0 N–H and O–H groups in total. The number of Topliss-reactive ketones (excluding diaryl/α,β-unsaturated/α-hetero) is 2. The Bertz CT molecular complexity index is 3040. The molecule has 0 aromatic heterocycles. The van der Waals surface area contributed by atoms with Gasteiger partial charge in [0, 0.05) is 12.8 Å². The van der Waals surface area contributed by atoms with Crippen LogP contribution in [0.5, 0.6) is 11.5 Å².